The van der Waals surface area contributed by atoms with Gasteiger partial charge < -0.3 is 15.3 Å². The highest BCUT2D eigenvalue weighted by atomic mass is 16.4. The van der Waals surface area contributed by atoms with Crippen molar-refractivity contribution in [3.8, 4) is 5.75 Å². The number of aryl methyl sites for hydroxylation is 1. The Hall–Kier alpha value is -1.81. The van der Waals surface area contributed by atoms with Crippen molar-refractivity contribution in [2.45, 2.75) is 19.9 Å². The molecule has 0 unspecified atom stereocenters. The van der Waals surface area contributed by atoms with Gasteiger partial charge in [0.1, 0.15) is 11.5 Å². The number of hydrogen-bond donors (Lipinski definition) is 2. The molecular weight excluding hydrogens is 204 g/mol. The van der Waals surface area contributed by atoms with Gasteiger partial charge in [0, 0.05) is 6.42 Å². The molecule has 84 valence electrons. The normalized spacial score (nSPS) is 10.6. The molecule has 0 spiro atoms. The molecule has 0 saturated carbocycles. The van der Waals surface area contributed by atoms with E-state index in [-0.39, 0.29) is 5.75 Å². The highest BCUT2D eigenvalue weighted by molar-refractivity contribution is 5.29. The number of nitrogens with two attached hydrogens (primary N) is 1. The molecule has 0 atom stereocenters. The first-order valence-electron chi connectivity index (χ1n) is 5.12. The van der Waals surface area contributed by atoms with Crippen molar-refractivity contribution in [2.24, 2.45) is 5.73 Å². The molecule has 4 heteroatoms. The smallest absolute Gasteiger partial charge is 0.208 e. The fraction of sp³-hybridized carbons (Fsp3) is 0.250. The van der Waals surface area contributed by atoms with Crippen LogP contribution in [0, 0.1) is 6.92 Å². The van der Waals surface area contributed by atoms with Gasteiger partial charge in [0.15, 0.2) is 0 Å². The number of aromatic hydroxyl groups is 1. The van der Waals surface area contributed by atoms with Crippen LogP contribution in [0.4, 0.5) is 0 Å². The summed E-state index contributed by atoms with van der Waals surface area (Å²) in [5, 5.41) is 9.17. The van der Waals surface area contributed by atoms with E-state index < -0.39 is 0 Å². The summed E-state index contributed by atoms with van der Waals surface area (Å²) in [6.07, 6.45) is 0.690. The predicted octanol–water partition coefficient (Wildman–Crippen LogP) is 1.74. The van der Waals surface area contributed by atoms with Gasteiger partial charge in [-0.15, -0.1) is 0 Å². The summed E-state index contributed by atoms with van der Waals surface area (Å²) in [6.45, 7) is 2.19. The second-order valence-corrected chi connectivity index (χ2v) is 3.66. The van der Waals surface area contributed by atoms with Gasteiger partial charge in [-0.05, 0) is 24.6 Å². The summed E-state index contributed by atoms with van der Waals surface area (Å²) >= 11 is 0. The van der Waals surface area contributed by atoms with Crippen LogP contribution in [0.3, 0.4) is 0 Å². The van der Waals surface area contributed by atoms with Crippen LogP contribution in [-0.4, -0.2) is 10.1 Å². The predicted molar refractivity (Wildman–Crippen MR) is 60.0 cm³/mol. The van der Waals surface area contributed by atoms with Crippen molar-refractivity contribution in [1.29, 1.82) is 0 Å². The van der Waals surface area contributed by atoms with E-state index in [0.717, 1.165) is 17.0 Å². The average Bonchev–Trinajstić information content (AvgIpc) is 2.63. The fourth-order valence-corrected chi connectivity index (χ4v) is 1.55. The molecule has 0 fully saturated rings. The molecule has 2 aromatic rings. The minimum Gasteiger partial charge on any atom is -0.508 e. The molecule has 4 nitrogen and oxygen atoms in total. The van der Waals surface area contributed by atoms with Crippen LogP contribution in [0.5, 0.6) is 5.75 Å². The van der Waals surface area contributed by atoms with Crippen LogP contribution >= 0.6 is 0 Å². The highest BCUT2D eigenvalue weighted by Crippen LogP contribution is 2.16. The maximum Gasteiger partial charge on any atom is 0.208 e. The second kappa shape index (κ2) is 4.37. The van der Waals surface area contributed by atoms with Crippen molar-refractivity contribution in [3.05, 3.63) is 47.2 Å². The minimum atomic E-state index is 0.267. The van der Waals surface area contributed by atoms with Gasteiger partial charge in [-0.25, -0.2) is 4.98 Å². The monoisotopic (exact) mass is 218 g/mol. The van der Waals surface area contributed by atoms with Crippen LogP contribution in [-0.2, 0) is 13.0 Å². The number of rotatable bonds is 3. The average molecular weight is 218 g/mol. The van der Waals surface area contributed by atoms with Gasteiger partial charge >= 0.3 is 0 Å². The van der Waals surface area contributed by atoms with Gasteiger partial charge in [-0.1, -0.05) is 12.1 Å². The standard InChI is InChI=1S/C12H14N2O2/c1-8-11(14-12(7-13)16-8)6-9-2-4-10(15)5-3-9/h2-5,15H,6-7,13H2,1H3. The van der Waals surface area contributed by atoms with Gasteiger partial charge in [-0.2, -0.15) is 0 Å². The molecule has 0 saturated heterocycles. The first kappa shape index (κ1) is 10.7. The second-order valence-electron chi connectivity index (χ2n) is 3.66. The van der Waals surface area contributed by atoms with Gasteiger partial charge in [0.25, 0.3) is 0 Å². The van der Waals surface area contributed by atoms with Crippen molar-refractivity contribution in [2.75, 3.05) is 0 Å². The Kier molecular flexibility index (Phi) is 2.92. The molecule has 1 aromatic carbocycles. The third-order valence-corrected chi connectivity index (χ3v) is 2.42. The van der Waals surface area contributed by atoms with Crippen molar-refractivity contribution in [3.63, 3.8) is 0 Å². The maximum atomic E-state index is 9.17. The Morgan fingerprint density at radius 3 is 2.56 bits per heavy atom. The number of nitrogens with zero attached hydrogens (tertiary/aromatic N) is 1. The zero-order valence-electron chi connectivity index (χ0n) is 9.10. The molecule has 0 radical (unpaired) electrons. The molecule has 2 rings (SSSR count). The van der Waals surface area contributed by atoms with Gasteiger partial charge in [0.05, 0.1) is 12.2 Å². The quantitative estimate of drug-likeness (QED) is 0.823. The van der Waals surface area contributed by atoms with Crippen LogP contribution in [0.15, 0.2) is 28.7 Å². The van der Waals surface area contributed by atoms with E-state index in [1.807, 2.05) is 19.1 Å². The van der Waals surface area contributed by atoms with E-state index in [1.54, 1.807) is 12.1 Å². The van der Waals surface area contributed by atoms with Crippen LogP contribution in [0.25, 0.3) is 0 Å². The molecule has 0 amide bonds. The Morgan fingerprint density at radius 1 is 1.31 bits per heavy atom. The number of hydrogen-bond acceptors (Lipinski definition) is 4. The molecule has 1 heterocycles. The van der Waals surface area contributed by atoms with Gasteiger partial charge in [0.2, 0.25) is 5.89 Å². The number of aromatic nitrogens is 1. The largest absolute Gasteiger partial charge is 0.508 e. The summed E-state index contributed by atoms with van der Waals surface area (Å²) < 4.78 is 5.37. The third kappa shape index (κ3) is 2.23. The number of benzene rings is 1. The van der Waals surface area contributed by atoms with Crippen LogP contribution in [0.2, 0.25) is 0 Å². The summed E-state index contributed by atoms with van der Waals surface area (Å²) in [6, 6.07) is 7.06. The molecule has 3 N–H and O–H groups in total. The molecule has 0 aliphatic heterocycles. The number of phenolic OH excluding ortho intramolecular Hbond substituents is 1. The lowest BCUT2D eigenvalue weighted by atomic mass is 10.1. The topological polar surface area (TPSA) is 72.3 Å². The molecule has 0 aliphatic rings. The lowest BCUT2D eigenvalue weighted by Gasteiger charge is -1.98. The van der Waals surface area contributed by atoms with E-state index >= 15 is 0 Å². The van der Waals surface area contributed by atoms with Gasteiger partial charge in [-0.3, -0.25) is 0 Å². The van der Waals surface area contributed by atoms with E-state index in [1.165, 1.54) is 0 Å². The number of phenols is 1. The summed E-state index contributed by atoms with van der Waals surface area (Å²) in [5.74, 6) is 1.63. The molecule has 0 bridgehead atoms. The molecule has 1 aromatic heterocycles. The minimum absolute atomic E-state index is 0.267. The Balaban J connectivity index is 2.19. The first-order chi connectivity index (χ1) is 7.69. The molecular formula is C12H14N2O2. The summed E-state index contributed by atoms with van der Waals surface area (Å²) in [4.78, 5) is 4.29. The zero-order valence-corrected chi connectivity index (χ0v) is 9.10. The van der Waals surface area contributed by atoms with Crippen molar-refractivity contribution >= 4 is 0 Å². The van der Waals surface area contributed by atoms with E-state index in [2.05, 4.69) is 4.98 Å². The van der Waals surface area contributed by atoms with E-state index in [9.17, 15) is 0 Å². The fourth-order valence-electron chi connectivity index (χ4n) is 1.55. The first-order valence-corrected chi connectivity index (χ1v) is 5.12. The summed E-state index contributed by atoms with van der Waals surface area (Å²) in [5.41, 5.74) is 7.43. The zero-order chi connectivity index (χ0) is 11.5. The van der Waals surface area contributed by atoms with Crippen LogP contribution < -0.4 is 5.73 Å². The SMILES string of the molecule is Cc1oc(CN)nc1Cc1ccc(O)cc1. The Bertz CT molecular complexity index is 474. The van der Waals surface area contributed by atoms with E-state index in [4.69, 9.17) is 15.3 Å². The van der Waals surface area contributed by atoms with Crippen molar-refractivity contribution in [1.82, 2.24) is 4.98 Å². The third-order valence-electron chi connectivity index (χ3n) is 2.42. The molecule has 0 aliphatic carbocycles. The lowest BCUT2D eigenvalue weighted by Crippen LogP contribution is -1.97. The van der Waals surface area contributed by atoms with E-state index in [0.29, 0.717) is 18.9 Å². The Labute approximate surface area is 93.7 Å². The highest BCUT2D eigenvalue weighted by Gasteiger charge is 2.08. The number of oxazole rings is 1. The summed E-state index contributed by atoms with van der Waals surface area (Å²) in [7, 11) is 0. The molecule has 16 heavy (non-hydrogen) atoms. The maximum absolute atomic E-state index is 9.17. The van der Waals surface area contributed by atoms with Crippen LogP contribution in [0.1, 0.15) is 22.9 Å². The Morgan fingerprint density at radius 2 is 2.00 bits per heavy atom. The lowest BCUT2D eigenvalue weighted by molar-refractivity contribution is 0.473. The van der Waals surface area contributed by atoms with Crippen molar-refractivity contribution < 1.29 is 9.52 Å².